The number of aromatic nitrogens is 8. The van der Waals surface area contributed by atoms with Gasteiger partial charge in [-0.25, -0.2) is 4.98 Å². The molecule has 0 aromatic carbocycles. The molecule has 9 heteroatoms. The van der Waals surface area contributed by atoms with E-state index in [0.29, 0.717) is 23.0 Å². The van der Waals surface area contributed by atoms with Crippen molar-refractivity contribution >= 4 is 11.6 Å². The number of fused-ring (bicyclic) bond motifs is 1. The van der Waals surface area contributed by atoms with E-state index in [1.165, 1.54) is 9.31 Å². The Hall–Kier alpha value is -3.36. The summed E-state index contributed by atoms with van der Waals surface area (Å²) in [6.45, 7) is 0. The highest BCUT2D eigenvalue weighted by Gasteiger charge is 2.12. The summed E-state index contributed by atoms with van der Waals surface area (Å²) in [5.41, 5.74) is 7.13. The molecule has 0 aliphatic heterocycles. The van der Waals surface area contributed by atoms with Gasteiger partial charge in [-0.1, -0.05) is 6.07 Å². The molecule has 0 fully saturated rings. The first kappa shape index (κ1) is 11.5. The molecule has 0 saturated heterocycles. The van der Waals surface area contributed by atoms with Gasteiger partial charge in [-0.2, -0.15) is 19.7 Å². The van der Waals surface area contributed by atoms with Crippen LogP contribution in [0.25, 0.3) is 23.0 Å². The molecule has 4 aromatic heterocycles. The van der Waals surface area contributed by atoms with E-state index in [0.717, 1.165) is 0 Å². The van der Waals surface area contributed by atoms with E-state index in [9.17, 15) is 0 Å². The Kier molecular flexibility index (Phi) is 2.37. The third-order valence-electron chi connectivity index (χ3n) is 2.85. The molecule has 0 amide bonds. The van der Waals surface area contributed by atoms with Crippen LogP contribution < -0.4 is 5.73 Å². The second-order valence-electron chi connectivity index (χ2n) is 4.21. The van der Waals surface area contributed by atoms with E-state index in [1.807, 2.05) is 18.2 Å². The maximum absolute atomic E-state index is 5.91. The molecule has 0 unspecified atom stereocenters. The topological polar surface area (TPSA) is 113 Å². The Morgan fingerprint density at radius 2 is 1.86 bits per heavy atom. The second-order valence-corrected chi connectivity index (χ2v) is 4.21. The average molecular weight is 279 g/mol. The van der Waals surface area contributed by atoms with Crippen molar-refractivity contribution in [3.8, 4) is 17.3 Å². The molecular weight excluding hydrogens is 270 g/mol. The number of nitrogen functional groups attached to an aromatic ring is 1. The normalized spacial score (nSPS) is 11.0. The summed E-state index contributed by atoms with van der Waals surface area (Å²) < 4.78 is 1.46. The van der Waals surface area contributed by atoms with Crippen molar-refractivity contribution < 1.29 is 0 Å². The number of rotatable bonds is 2. The first-order chi connectivity index (χ1) is 10.3. The highest BCUT2D eigenvalue weighted by molar-refractivity contribution is 5.56. The minimum absolute atomic E-state index is 0.203. The lowest BCUT2D eigenvalue weighted by molar-refractivity contribution is 0.724. The molecule has 0 bridgehead atoms. The number of hydrogen-bond acceptors (Lipinski definition) is 7. The molecule has 4 heterocycles. The van der Waals surface area contributed by atoms with Crippen LogP contribution in [0.3, 0.4) is 0 Å². The standard InChI is InChI=1S/C12H9N9/c13-12-18-10(21-15-5-6-16-21)7-9-17-11(19-20(9)12)8-3-1-2-4-14-8/h1-7H,(H2,13,18). The lowest BCUT2D eigenvalue weighted by atomic mass is 10.3. The van der Waals surface area contributed by atoms with Gasteiger partial charge in [0.25, 0.3) is 0 Å². The van der Waals surface area contributed by atoms with Gasteiger partial charge in [-0.15, -0.1) is 9.90 Å². The number of hydrogen-bond donors (Lipinski definition) is 1. The molecule has 21 heavy (non-hydrogen) atoms. The predicted molar refractivity (Wildman–Crippen MR) is 73.3 cm³/mol. The van der Waals surface area contributed by atoms with Crippen LogP contribution in [0.5, 0.6) is 0 Å². The highest BCUT2D eigenvalue weighted by Crippen LogP contribution is 2.16. The van der Waals surface area contributed by atoms with E-state index < -0.39 is 0 Å². The maximum Gasteiger partial charge on any atom is 0.225 e. The Morgan fingerprint density at radius 3 is 2.62 bits per heavy atom. The van der Waals surface area contributed by atoms with E-state index in [-0.39, 0.29) is 5.95 Å². The van der Waals surface area contributed by atoms with E-state index in [1.54, 1.807) is 24.7 Å². The first-order valence-electron chi connectivity index (χ1n) is 6.13. The average Bonchev–Trinajstić information content (AvgIpc) is 3.17. The molecular formula is C12H9N9. The summed E-state index contributed by atoms with van der Waals surface area (Å²) in [7, 11) is 0. The summed E-state index contributed by atoms with van der Waals surface area (Å²) in [5.74, 6) is 1.16. The van der Waals surface area contributed by atoms with Gasteiger partial charge in [-0.05, 0) is 12.1 Å². The Bertz CT molecular complexity index is 895. The lowest BCUT2D eigenvalue weighted by Crippen LogP contribution is -2.08. The molecule has 9 nitrogen and oxygen atoms in total. The number of nitrogens with zero attached hydrogens (tertiary/aromatic N) is 8. The fourth-order valence-electron chi connectivity index (χ4n) is 1.94. The quantitative estimate of drug-likeness (QED) is 0.563. The zero-order valence-electron chi connectivity index (χ0n) is 10.7. The molecule has 4 rings (SSSR count). The minimum Gasteiger partial charge on any atom is -0.368 e. The van der Waals surface area contributed by atoms with Crippen molar-refractivity contribution in [1.82, 2.24) is 39.6 Å². The van der Waals surface area contributed by atoms with Crippen LogP contribution in [0.4, 0.5) is 5.95 Å². The van der Waals surface area contributed by atoms with E-state index >= 15 is 0 Å². The van der Waals surface area contributed by atoms with Gasteiger partial charge in [0, 0.05) is 12.3 Å². The van der Waals surface area contributed by atoms with Crippen LogP contribution >= 0.6 is 0 Å². The van der Waals surface area contributed by atoms with E-state index in [2.05, 4.69) is 30.2 Å². The zero-order valence-corrected chi connectivity index (χ0v) is 10.7. The van der Waals surface area contributed by atoms with Crippen LogP contribution in [-0.4, -0.2) is 39.6 Å². The number of pyridine rings is 1. The molecule has 0 saturated carbocycles. The van der Waals surface area contributed by atoms with Gasteiger partial charge in [-0.3, -0.25) is 4.98 Å². The van der Waals surface area contributed by atoms with Gasteiger partial charge in [0.2, 0.25) is 11.8 Å². The number of anilines is 1. The van der Waals surface area contributed by atoms with Crippen molar-refractivity contribution in [1.29, 1.82) is 0 Å². The minimum atomic E-state index is 0.203. The summed E-state index contributed by atoms with van der Waals surface area (Å²) in [4.78, 5) is 14.2. The molecule has 0 atom stereocenters. The monoisotopic (exact) mass is 279 g/mol. The van der Waals surface area contributed by atoms with Crippen molar-refractivity contribution in [2.24, 2.45) is 0 Å². The summed E-state index contributed by atoms with van der Waals surface area (Å²) in [6, 6.07) is 7.23. The molecule has 4 aromatic rings. The van der Waals surface area contributed by atoms with Gasteiger partial charge >= 0.3 is 0 Å². The lowest BCUT2D eigenvalue weighted by Gasteiger charge is -2.01. The van der Waals surface area contributed by atoms with Crippen LogP contribution in [0.2, 0.25) is 0 Å². The Balaban J connectivity index is 1.90. The van der Waals surface area contributed by atoms with Crippen LogP contribution in [-0.2, 0) is 0 Å². The van der Waals surface area contributed by atoms with Gasteiger partial charge in [0.1, 0.15) is 5.69 Å². The third kappa shape index (κ3) is 1.87. The second kappa shape index (κ2) is 4.34. The van der Waals surface area contributed by atoms with Gasteiger partial charge < -0.3 is 5.73 Å². The fourth-order valence-corrected chi connectivity index (χ4v) is 1.94. The maximum atomic E-state index is 5.91. The molecule has 102 valence electrons. The summed E-state index contributed by atoms with van der Waals surface area (Å²) in [6.07, 6.45) is 4.80. The van der Waals surface area contributed by atoms with Crippen molar-refractivity contribution in [3.63, 3.8) is 0 Å². The van der Waals surface area contributed by atoms with Crippen molar-refractivity contribution in [3.05, 3.63) is 42.9 Å². The highest BCUT2D eigenvalue weighted by atomic mass is 15.5. The zero-order chi connectivity index (χ0) is 14.2. The molecule has 0 radical (unpaired) electrons. The van der Waals surface area contributed by atoms with Gasteiger partial charge in [0.15, 0.2) is 11.5 Å². The third-order valence-corrected chi connectivity index (χ3v) is 2.85. The van der Waals surface area contributed by atoms with Gasteiger partial charge in [0.05, 0.1) is 12.4 Å². The fraction of sp³-hybridized carbons (Fsp3) is 0. The summed E-state index contributed by atoms with van der Waals surface area (Å²) in [5, 5.41) is 12.3. The molecule has 0 aliphatic carbocycles. The Labute approximate surface area is 118 Å². The largest absolute Gasteiger partial charge is 0.368 e. The van der Waals surface area contributed by atoms with Crippen LogP contribution in [0, 0.1) is 0 Å². The molecule has 2 N–H and O–H groups in total. The SMILES string of the molecule is Nc1nc(-n2nccn2)cc2nc(-c3ccccn3)nn12. The smallest absolute Gasteiger partial charge is 0.225 e. The Morgan fingerprint density at radius 1 is 1.00 bits per heavy atom. The number of nitrogens with two attached hydrogens (primary N) is 1. The predicted octanol–water partition coefficient (Wildman–Crippen LogP) is 0.349. The van der Waals surface area contributed by atoms with Crippen molar-refractivity contribution in [2.45, 2.75) is 0 Å². The first-order valence-corrected chi connectivity index (χ1v) is 6.13. The van der Waals surface area contributed by atoms with E-state index in [4.69, 9.17) is 5.73 Å². The molecule has 0 spiro atoms. The molecule has 0 aliphatic rings. The van der Waals surface area contributed by atoms with Crippen LogP contribution in [0.1, 0.15) is 0 Å². The van der Waals surface area contributed by atoms with Crippen molar-refractivity contribution in [2.75, 3.05) is 5.73 Å². The van der Waals surface area contributed by atoms with Crippen LogP contribution in [0.15, 0.2) is 42.9 Å². The summed E-state index contributed by atoms with van der Waals surface area (Å²) >= 11 is 0.